The SMILES string of the molecule is C=C/C=C(C#Cc1ccncc1)\C=C/C. The highest BCUT2D eigenvalue weighted by Crippen LogP contribution is 1.98. The molecule has 0 unspecified atom stereocenters. The van der Waals surface area contributed by atoms with Gasteiger partial charge in [0.25, 0.3) is 0 Å². The van der Waals surface area contributed by atoms with Gasteiger partial charge in [-0.1, -0.05) is 36.6 Å². The van der Waals surface area contributed by atoms with Crippen molar-refractivity contribution in [2.24, 2.45) is 0 Å². The second-order valence-electron chi connectivity index (χ2n) is 2.84. The van der Waals surface area contributed by atoms with Gasteiger partial charge in [0, 0.05) is 23.5 Å². The van der Waals surface area contributed by atoms with E-state index in [4.69, 9.17) is 0 Å². The van der Waals surface area contributed by atoms with Crippen LogP contribution in [-0.2, 0) is 0 Å². The molecule has 15 heavy (non-hydrogen) atoms. The van der Waals surface area contributed by atoms with Crippen LogP contribution < -0.4 is 0 Å². The lowest BCUT2D eigenvalue weighted by Gasteiger charge is -1.88. The summed E-state index contributed by atoms with van der Waals surface area (Å²) in [6, 6.07) is 3.77. The standard InChI is InChI=1S/C14H13N/c1-3-5-13(6-4-2)7-8-14-9-11-15-12-10-14/h3-6,9-12H,1H2,2H3/b6-4-,13-5+. The van der Waals surface area contributed by atoms with E-state index in [0.29, 0.717) is 0 Å². The van der Waals surface area contributed by atoms with Crippen LogP contribution in [0.1, 0.15) is 12.5 Å². The lowest BCUT2D eigenvalue weighted by Crippen LogP contribution is -1.76. The van der Waals surface area contributed by atoms with Gasteiger partial charge in [-0.3, -0.25) is 4.98 Å². The Morgan fingerprint density at radius 1 is 1.40 bits per heavy atom. The lowest BCUT2D eigenvalue weighted by atomic mass is 10.2. The summed E-state index contributed by atoms with van der Waals surface area (Å²) >= 11 is 0. The molecule has 1 nitrogen and oxygen atoms in total. The molecule has 74 valence electrons. The number of nitrogens with zero attached hydrogens (tertiary/aromatic N) is 1. The molecule has 1 aromatic rings. The van der Waals surface area contributed by atoms with Crippen LogP contribution in [-0.4, -0.2) is 4.98 Å². The van der Waals surface area contributed by atoms with Gasteiger partial charge in [-0.2, -0.15) is 0 Å². The molecule has 0 aliphatic heterocycles. The Bertz CT molecular complexity index is 427. The van der Waals surface area contributed by atoms with E-state index in [0.717, 1.165) is 11.1 Å². The Morgan fingerprint density at radius 2 is 2.13 bits per heavy atom. The second-order valence-corrected chi connectivity index (χ2v) is 2.84. The quantitative estimate of drug-likeness (QED) is 0.522. The minimum Gasteiger partial charge on any atom is -0.265 e. The summed E-state index contributed by atoms with van der Waals surface area (Å²) < 4.78 is 0. The zero-order valence-corrected chi connectivity index (χ0v) is 8.77. The van der Waals surface area contributed by atoms with E-state index in [1.807, 2.05) is 37.3 Å². The molecule has 0 spiro atoms. The molecule has 0 N–H and O–H groups in total. The first-order valence-electron chi connectivity index (χ1n) is 4.74. The van der Waals surface area contributed by atoms with Crippen molar-refractivity contribution in [1.82, 2.24) is 4.98 Å². The molecule has 1 aromatic heterocycles. The molecule has 1 heteroatoms. The Kier molecular flexibility index (Phi) is 4.69. The number of pyridine rings is 1. The van der Waals surface area contributed by atoms with Crippen LogP contribution in [0, 0.1) is 11.8 Å². The fourth-order valence-electron chi connectivity index (χ4n) is 1.02. The summed E-state index contributed by atoms with van der Waals surface area (Å²) in [5, 5.41) is 0. The molecule has 0 atom stereocenters. The molecule has 0 amide bonds. The first-order chi connectivity index (χ1) is 7.36. The van der Waals surface area contributed by atoms with Crippen LogP contribution in [0.15, 0.2) is 61.0 Å². The number of rotatable bonds is 2. The smallest absolute Gasteiger partial charge is 0.0280 e. The monoisotopic (exact) mass is 195 g/mol. The van der Waals surface area contributed by atoms with Crippen LogP contribution in [0.25, 0.3) is 0 Å². The van der Waals surface area contributed by atoms with Gasteiger partial charge < -0.3 is 0 Å². The summed E-state index contributed by atoms with van der Waals surface area (Å²) in [6.45, 7) is 5.61. The van der Waals surface area contributed by atoms with Crippen LogP contribution in [0.3, 0.4) is 0 Å². The van der Waals surface area contributed by atoms with Gasteiger partial charge in [0.05, 0.1) is 0 Å². The third-order valence-electron chi connectivity index (χ3n) is 1.68. The van der Waals surface area contributed by atoms with Crippen molar-refractivity contribution >= 4 is 0 Å². The van der Waals surface area contributed by atoms with E-state index in [1.54, 1.807) is 18.5 Å². The number of hydrogen-bond acceptors (Lipinski definition) is 1. The van der Waals surface area contributed by atoms with Gasteiger partial charge in [-0.15, -0.1) is 0 Å². The maximum atomic E-state index is 3.93. The molecule has 0 saturated carbocycles. The van der Waals surface area contributed by atoms with Crippen LogP contribution >= 0.6 is 0 Å². The molecular weight excluding hydrogens is 182 g/mol. The maximum Gasteiger partial charge on any atom is 0.0280 e. The average Bonchev–Trinajstić information content (AvgIpc) is 2.28. The summed E-state index contributed by atoms with van der Waals surface area (Å²) in [5.74, 6) is 6.12. The summed E-state index contributed by atoms with van der Waals surface area (Å²) in [5.41, 5.74) is 1.91. The van der Waals surface area contributed by atoms with Crippen molar-refractivity contribution in [1.29, 1.82) is 0 Å². The van der Waals surface area contributed by atoms with Gasteiger partial charge in [-0.25, -0.2) is 0 Å². The van der Waals surface area contributed by atoms with Gasteiger partial charge in [0.2, 0.25) is 0 Å². The van der Waals surface area contributed by atoms with E-state index in [2.05, 4.69) is 23.4 Å². The molecular formula is C14H13N. The Balaban J connectivity index is 2.88. The molecule has 0 aliphatic rings. The minimum absolute atomic E-state index is 0.948. The third kappa shape index (κ3) is 4.10. The van der Waals surface area contributed by atoms with Crippen molar-refractivity contribution in [3.05, 3.63) is 66.5 Å². The normalized spacial score (nSPS) is 10.9. The van der Waals surface area contributed by atoms with E-state index < -0.39 is 0 Å². The zero-order chi connectivity index (χ0) is 10.9. The molecule has 0 aromatic carbocycles. The van der Waals surface area contributed by atoms with Gasteiger partial charge in [0.15, 0.2) is 0 Å². The Hall–Kier alpha value is -2.07. The zero-order valence-electron chi connectivity index (χ0n) is 8.77. The van der Waals surface area contributed by atoms with Crippen molar-refractivity contribution in [3.8, 4) is 11.8 Å². The first kappa shape index (κ1) is 11.0. The fourth-order valence-corrected chi connectivity index (χ4v) is 1.02. The van der Waals surface area contributed by atoms with Gasteiger partial charge in [-0.05, 0) is 25.1 Å². The van der Waals surface area contributed by atoms with Crippen molar-refractivity contribution in [3.63, 3.8) is 0 Å². The molecule has 0 bridgehead atoms. The highest BCUT2D eigenvalue weighted by Gasteiger charge is 1.84. The van der Waals surface area contributed by atoms with E-state index in [-0.39, 0.29) is 0 Å². The van der Waals surface area contributed by atoms with Gasteiger partial charge in [0.1, 0.15) is 0 Å². The highest BCUT2D eigenvalue weighted by atomic mass is 14.6. The Morgan fingerprint density at radius 3 is 2.73 bits per heavy atom. The molecule has 0 fully saturated rings. The summed E-state index contributed by atoms with van der Waals surface area (Å²) in [6.07, 6.45) is 11.0. The highest BCUT2D eigenvalue weighted by molar-refractivity contribution is 5.45. The largest absolute Gasteiger partial charge is 0.265 e. The number of allylic oxidation sites excluding steroid dienone is 5. The number of hydrogen-bond donors (Lipinski definition) is 0. The predicted molar refractivity (Wildman–Crippen MR) is 64.2 cm³/mol. The summed E-state index contributed by atoms with van der Waals surface area (Å²) in [7, 11) is 0. The van der Waals surface area contributed by atoms with Crippen molar-refractivity contribution in [2.45, 2.75) is 6.92 Å². The average molecular weight is 195 g/mol. The van der Waals surface area contributed by atoms with E-state index in [9.17, 15) is 0 Å². The van der Waals surface area contributed by atoms with Crippen molar-refractivity contribution < 1.29 is 0 Å². The van der Waals surface area contributed by atoms with Crippen molar-refractivity contribution in [2.75, 3.05) is 0 Å². The fraction of sp³-hybridized carbons (Fsp3) is 0.0714. The van der Waals surface area contributed by atoms with E-state index in [1.165, 1.54) is 0 Å². The van der Waals surface area contributed by atoms with Gasteiger partial charge >= 0.3 is 0 Å². The maximum absolute atomic E-state index is 3.93. The molecule has 0 aliphatic carbocycles. The Labute approximate surface area is 90.9 Å². The molecule has 1 heterocycles. The molecule has 0 radical (unpaired) electrons. The predicted octanol–water partition coefficient (Wildman–Crippen LogP) is 3.12. The number of aromatic nitrogens is 1. The molecule has 1 rings (SSSR count). The summed E-state index contributed by atoms with van der Waals surface area (Å²) in [4.78, 5) is 3.93. The first-order valence-corrected chi connectivity index (χ1v) is 4.74. The second kappa shape index (κ2) is 6.39. The lowest BCUT2D eigenvalue weighted by molar-refractivity contribution is 1.32. The van der Waals surface area contributed by atoms with Crippen LogP contribution in [0.4, 0.5) is 0 Å². The third-order valence-corrected chi connectivity index (χ3v) is 1.68. The topological polar surface area (TPSA) is 12.9 Å². The van der Waals surface area contributed by atoms with Crippen LogP contribution in [0.5, 0.6) is 0 Å². The van der Waals surface area contributed by atoms with E-state index >= 15 is 0 Å². The minimum atomic E-state index is 0.948. The van der Waals surface area contributed by atoms with Crippen LogP contribution in [0.2, 0.25) is 0 Å². The molecule has 0 saturated heterocycles.